The van der Waals surface area contributed by atoms with E-state index in [9.17, 15) is 9.59 Å². The number of aromatic nitrogens is 2. The smallest absolute Gasteiger partial charge is 0.238 e. The summed E-state index contributed by atoms with van der Waals surface area (Å²) in [5, 5.41) is 3.21. The number of halogens is 1. The molecule has 9 heteroatoms. The fourth-order valence-electron chi connectivity index (χ4n) is 3.43. The molecule has 1 amide bonds. The number of hydrogen-bond donors (Lipinski definition) is 1. The number of amides is 1. The summed E-state index contributed by atoms with van der Waals surface area (Å²) in [6, 6.07) is 7.65. The van der Waals surface area contributed by atoms with Crippen molar-refractivity contribution in [3.63, 3.8) is 0 Å². The minimum absolute atomic E-state index is 0.0281. The molecule has 2 aromatic rings. The Morgan fingerprint density at radius 2 is 2.03 bits per heavy atom. The van der Waals surface area contributed by atoms with Crippen LogP contribution >= 0.6 is 11.6 Å². The van der Waals surface area contributed by atoms with Crippen LogP contribution in [0.3, 0.4) is 0 Å². The number of rotatable bonds is 10. The quantitative estimate of drug-likeness (QED) is 0.580. The maximum absolute atomic E-state index is 12.2. The van der Waals surface area contributed by atoms with Crippen LogP contribution in [0.4, 0.5) is 5.82 Å². The SMILES string of the molecule is CCCNC(=O)C(C)c1ccc(OC2CCN(c3ncnc(OCC(C)=O)c3Cl)C2)cc1. The minimum Gasteiger partial charge on any atom is -0.489 e. The van der Waals surface area contributed by atoms with Crippen molar-refractivity contribution in [2.24, 2.45) is 0 Å². The third-order valence-corrected chi connectivity index (χ3v) is 5.55. The van der Waals surface area contributed by atoms with E-state index in [1.54, 1.807) is 0 Å². The minimum atomic E-state index is -0.211. The zero-order valence-electron chi connectivity index (χ0n) is 18.6. The van der Waals surface area contributed by atoms with Crippen molar-refractivity contribution >= 4 is 29.1 Å². The maximum atomic E-state index is 12.2. The van der Waals surface area contributed by atoms with Gasteiger partial charge in [0.25, 0.3) is 0 Å². The van der Waals surface area contributed by atoms with Crippen LogP contribution in [0.5, 0.6) is 11.6 Å². The Balaban J connectivity index is 1.58. The van der Waals surface area contributed by atoms with Crippen molar-refractivity contribution in [1.29, 1.82) is 0 Å². The molecular weight excluding hydrogens is 432 g/mol. The van der Waals surface area contributed by atoms with Crippen LogP contribution in [-0.2, 0) is 9.59 Å². The van der Waals surface area contributed by atoms with Gasteiger partial charge in [0.15, 0.2) is 11.6 Å². The zero-order chi connectivity index (χ0) is 23.1. The number of Topliss-reactive ketones (excluding diaryl/α,β-unsaturated/α-hetero) is 1. The molecule has 3 rings (SSSR count). The lowest BCUT2D eigenvalue weighted by Gasteiger charge is -2.20. The number of nitrogens with zero attached hydrogens (tertiary/aromatic N) is 3. The highest BCUT2D eigenvalue weighted by molar-refractivity contribution is 6.34. The molecule has 2 heterocycles. The Bertz CT molecular complexity index is 938. The summed E-state index contributed by atoms with van der Waals surface area (Å²) in [5.41, 5.74) is 0.949. The van der Waals surface area contributed by atoms with E-state index in [4.69, 9.17) is 21.1 Å². The first kappa shape index (κ1) is 23.8. The van der Waals surface area contributed by atoms with E-state index in [0.717, 1.165) is 30.7 Å². The predicted octanol–water partition coefficient (Wildman–Crippen LogP) is 3.39. The van der Waals surface area contributed by atoms with Crippen LogP contribution in [0.25, 0.3) is 0 Å². The summed E-state index contributed by atoms with van der Waals surface area (Å²) >= 11 is 6.41. The van der Waals surface area contributed by atoms with E-state index in [1.807, 2.05) is 43.0 Å². The van der Waals surface area contributed by atoms with Crippen molar-refractivity contribution in [2.75, 3.05) is 31.1 Å². The van der Waals surface area contributed by atoms with E-state index in [0.29, 0.717) is 18.9 Å². The first-order chi connectivity index (χ1) is 15.4. The van der Waals surface area contributed by atoms with E-state index in [1.165, 1.54) is 13.3 Å². The zero-order valence-corrected chi connectivity index (χ0v) is 19.4. The van der Waals surface area contributed by atoms with Crippen molar-refractivity contribution in [2.45, 2.75) is 45.6 Å². The van der Waals surface area contributed by atoms with Crippen molar-refractivity contribution < 1.29 is 19.1 Å². The van der Waals surface area contributed by atoms with Gasteiger partial charge in [-0.15, -0.1) is 0 Å². The number of hydrogen-bond acceptors (Lipinski definition) is 7. The molecule has 2 unspecified atom stereocenters. The van der Waals surface area contributed by atoms with Crippen LogP contribution in [0.15, 0.2) is 30.6 Å². The molecule has 0 spiro atoms. The molecule has 1 fully saturated rings. The topological polar surface area (TPSA) is 93.7 Å². The largest absolute Gasteiger partial charge is 0.489 e. The van der Waals surface area contributed by atoms with Crippen LogP contribution in [-0.4, -0.2) is 54.0 Å². The average Bonchev–Trinajstić information content (AvgIpc) is 3.24. The Morgan fingerprint density at radius 1 is 1.28 bits per heavy atom. The van der Waals surface area contributed by atoms with Crippen LogP contribution in [0.2, 0.25) is 5.02 Å². The number of ketones is 1. The Labute approximate surface area is 193 Å². The Kier molecular flexibility index (Phi) is 8.27. The summed E-state index contributed by atoms with van der Waals surface area (Å²) < 4.78 is 11.5. The number of benzene rings is 1. The monoisotopic (exact) mass is 460 g/mol. The second kappa shape index (κ2) is 11.1. The summed E-state index contributed by atoms with van der Waals surface area (Å²) in [5.74, 6) is 1.22. The molecule has 0 saturated carbocycles. The summed E-state index contributed by atoms with van der Waals surface area (Å²) in [6.45, 7) is 7.30. The standard InChI is InChI=1S/C23H29ClN4O4/c1-4-10-25-22(30)16(3)17-5-7-18(8-6-17)32-19-9-11-28(12-19)21-20(24)23(27-14-26-21)31-13-15(2)29/h5-8,14,16,19H,4,9-13H2,1-3H3,(H,25,30). The fraction of sp³-hybridized carbons (Fsp3) is 0.478. The maximum Gasteiger partial charge on any atom is 0.238 e. The van der Waals surface area contributed by atoms with Crippen LogP contribution in [0, 0.1) is 0 Å². The van der Waals surface area contributed by atoms with Gasteiger partial charge in [-0.2, -0.15) is 0 Å². The number of carbonyl (C=O) groups excluding carboxylic acids is 2. The molecule has 1 saturated heterocycles. The molecule has 1 aliphatic rings. The first-order valence-corrected chi connectivity index (χ1v) is 11.2. The van der Waals surface area contributed by atoms with Crippen LogP contribution < -0.4 is 19.7 Å². The van der Waals surface area contributed by atoms with Gasteiger partial charge in [-0.05, 0) is 38.0 Å². The lowest BCUT2D eigenvalue weighted by molar-refractivity contribution is -0.122. The van der Waals surface area contributed by atoms with Gasteiger partial charge in [0.1, 0.15) is 29.8 Å². The molecule has 0 radical (unpaired) electrons. The van der Waals surface area contributed by atoms with Gasteiger partial charge >= 0.3 is 0 Å². The lowest BCUT2D eigenvalue weighted by atomic mass is 10.0. The molecular formula is C23H29ClN4O4. The van der Waals surface area contributed by atoms with E-state index in [-0.39, 0.29) is 41.2 Å². The van der Waals surface area contributed by atoms with Crippen molar-refractivity contribution in [3.8, 4) is 11.6 Å². The fourth-order valence-corrected chi connectivity index (χ4v) is 3.70. The molecule has 1 aromatic carbocycles. The Hall–Kier alpha value is -2.87. The highest BCUT2D eigenvalue weighted by Crippen LogP contribution is 2.33. The molecule has 1 aliphatic heterocycles. The van der Waals surface area contributed by atoms with Gasteiger partial charge in [0.2, 0.25) is 11.8 Å². The van der Waals surface area contributed by atoms with Gasteiger partial charge in [0.05, 0.1) is 12.5 Å². The number of carbonyl (C=O) groups is 2. The summed E-state index contributed by atoms with van der Waals surface area (Å²) in [4.78, 5) is 33.6. The third-order valence-electron chi connectivity index (χ3n) is 5.22. The molecule has 0 aliphatic carbocycles. The van der Waals surface area contributed by atoms with Gasteiger partial charge in [0, 0.05) is 19.5 Å². The van der Waals surface area contributed by atoms with Crippen LogP contribution in [0.1, 0.15) is 45.1 Å². The van der Waals surface area contributed by atoms with Gasteiger partial charge < -0.3 is 19.7 Å². The summed E-state index contributed by atoms with van der Waals surface area (Å²) in [7, 11) is 0. The van der Waals surface area contributed by atoms with E-state index in [2.05, 4.69) is 15.3 Å². The average molecular weight is 461 g/mol. The molecule has 2 atom stereocenters. The second-order valence-electron chi connectivity index (χ2n) is 7.86. The van der Waals surface area contributed by atoms with E-state index < -0.39 is 0 Å². The van der Waals surface area contributed by atoms with Crippen molar-refractivity contribution in [1.82, 2.24) is 15.3 Å². The molecule has 32 heavy (non-hydrogen) atoms. The van der Waals surface area contributed by atoms with Crippen molar-refractivity contribution in [3.05, 3.63) is 41.2 Å². The normalized spacial score (nSPS) is 16.5. The lowest BCUT2D eigenvalue weighted by Crippen LogP contribution is -2.28. The molecule has 0 bridgehead atoms. The van der Waals surface area contributed by atoms with Gasteiger partial charge in [-0.25, -0.2) is 9.97 Å². The predicted molar refractivity (Wildman–Crippen MR) is 123 cm³/mol. The summed E-state index contributed by atoms with van der Waals surface area (Å²) in [6.07, 6.45) is 3.07. The second-order valence-corrected chi connectivity index (χ2v) is 8.24. The van der Waals surface area contributed by atoms with Gasteiger partial charge in [-0.3, -0.25) is 9.59 Å². The molecule has 1 N–H and O–H groups in total. The highest BCUT2D eigenvalue weighted by Gasteiger charge is 2.28. The van der Waals surface area contributed by atoms with Gasteiger partial charge in [-0.1, -0.05) is 30.7 Å². The molecule has 8 nitrogen and oxygen atoms in total. The highest BCUT2D eigenvalue weighted by atomic mass is 35.5. The number of nitrogens with one attached hydrogen (secondary N) is 1. The number of ether oxygens (including phenoxy) is 2. The Morgan fingerprint density at radius 3 is 2.72 bits per heavy atom. The molecule has 172 valence electrons. The van der Waals surface area contributed by atoms with E-state index >= 15 is 0 Å². The molecule has 1 aromatic heterocycles. The number of anilines is 1. The third kappa shape index (κ3) is 6.09. The first-order valence-electron chi connectivity index (χ1n) is 10.8.